The Morgan fingerprint density at radius 1 is 1.45 bits per heavy atom. The molecule has 1 atom stereocenters. The summed E-state index contributed by atoms with van der Waals surface area (Å²) < 4.78 is 13.3. The Bertz CT molecular complexity index is 746. The van der Waals surface area contributed by atoms with E-state index in [-0.39, 0.29) is 17.1 Å². The van der Waals surface area contributed by atoms with Crippen LogP contribution in [0.5, 0.6) is 0 Å². The summed E-state index contributed by atoms with van der Waals surface area (Å²) in [6.07, 6.45) is 0.917. The van der Waals surface area contributed by atoms with Crippen molar-refractivity contribution in [3.8, 4) is 0 Å². The smallest absolute Gasteiger partial charge is 0.255 e. The minimum atomic E-state index is -0.322. The van der Waals surface area contributed by atoms with E-state index in [0.717, 1.165) is 11.8 Å². The van der Waals surface area contributed by atoms with Crippen molar-refractivity contribution in [3.05, 3.63) is 41.3 Å². The zero-order chi connectivity index (χ0) is 15.9. The van der Waals surface area contributed by atoms with E-state index in [1.165, 1.54) is 12.1 Å². The molecule has 0 saturated carbocycles. The normalized spacial score (nSPS) is 21.5. The number of nitrogens with zero attached hydrogens (tertiary/aromatic N) is 2. The highest BCUT2D eigenvalue weighted by Crippen LogP contribution is 2.30. The van der Waals surface area contributed by atoms with E-state index in [9.17, 15) is 9.18 Å². The third-order valence-corrected chi connectivity index (χ3v) is 4.54. The molecule has 5 heteroatoms. The predicted molar refractivity (Wildman–Crippen MR) is 84.1 cm³/mol. The number of carbonyl (C=O) groups is 1. The standard InChI is InChI=1S/C17H20FN3O/c1-11-14(7-12-3-4-13(18)8-15(12)20-11)16(22)21-6-5-17(2,9-19)10-21/h3-4,7-8H,5-6,9-10,19H2,1-2H3. The fourth-order valence-corrected chi connectivity index (χ4v) is 2.99. The third kappa shape index (κ3) is 2.57. The average Bonchev–Trinajstić information content (AvgIpc) is 2.89. The second-order valence-electron chi connectivity index (χ2n) is 6.45. The number of carbonyl (C=O) groups excluding carboxylic acids is 1. The summed E-state index contributed by atoms with van der Waals surface area (Å²) in [5.41, 5.74) is 7.58. The first kappa shape index (κ1) is 14.9. The topological polar surface area (TPSA) is 59.2 Å². The van der Waals surface area contributed by atoms with Crippen LogP contribution < -0.4 is 5.73 Å². The van der Waals surface area contributed by atoms with Crippen LogP contribution in [0.25, 0.3) is 10.9 Å². The molecule has 116 valence electrons. The first-order chi connectivity index (χ1) is 10.4. The summed E-state index contributed by atoms with van der Waals surface area (Å²) in [6.45, 7) is 5.85. The van der Waals surface area contributed by atoms with Crippen LogP contribution in [0.2, 0.25) is 0 Å². The number of nitrogens with two attached hydrogens (primary N) is 1. The highest BCUT2D eigenvalue weighted by atomic mass is 19.1. The van der Waals surface area contributed by atoms with Crippen LogP contribution in [-0.4, -0.2) is 35.4 Å². The molecule has 3 rings (SSSR count). The molecular formula is C17H20FN3O. The SMILES string of the molecule is Cc1nc2cc(F)ccc2cc1C(=O)N1CCC(C)(CN)C1. The van der Waals surface area contributed by atoms with Gasteiger partial charge < -0.3 is 10.6 Å². The number of pyridine rings is 1. The van der Waals surface area contributed by atoms with Crippen LogP contribution >= 0.6 is 0 Å². The molecule has 22 heavy (non-hydrogen) atoms. The maximum atomic E-state index is 13.3. The Morgan fingerprint density at radius 2 is 2.23 bits per heavy atom. The van der Waals surface area contributed by atoms with Gasteiger partial charge in [0.1, 0.15) is 5.82 Å². The average molecular weight is 301 g/mol. The van der Waals surface area contributed by atoms with Crippen molar-refractivity contribution < 1.29 is 9.18 Å². The largest absolute Gasteiger partial charge is 0.338 e. The fourth-order valence-electron chi connectivity index (χ4n) is 2.99. The lowest BCUT2D eigenvalue weighted by Gasteiger charge is -2.23. The number of benzene rings is 1. The van der Waals surface area contributed by atoms with Crippen molar-refractivity contribution in [2.24, 2.45) is 11.1 Å². The number of amides is 1. The zero-order valence-corrected chi connectivity index (χ0v) is 12.9. The van der Waals surface area contributed by atoms with Gasteiger partial charge in [0.2, 0.25) is 0 Å². The Morgan fingerprint density at radius 3 is 2.91 bits per heavy atom. The fraction of sp³-hybridized carbons (Fsp3) is 0.412. The van der Waals surface area contributed by atoms with Crippen LogP contribution in [0.1, 0.15) is 29.4 Å². The van der Waals surface area contributed by atoms with Crippen LogP contribution in [-0.2, 0) is 0 Å². The van der Waals surface area contributed by atoms with Gasteiger partial charge in [-0.15, -0.1) is 0 Å². The van der Waals surface area contributed by atoms with Crippen LogP contribution in [0.3, 0.4) is 0 Å². The van der Waals surface area contributed by atoms with E-state index < -0.39 is 0 Å². The Balaban J connectivity index is 1.94. The van der Waals surface area contributed by atoms with Gasteiger partial charge in [-0.05, 0) is 43.5 Å². The van der Waals surface area contributed by atoms with Crippen molar-refractivity contribution in [1.29, 1.82) is 0 Å². The Labute approximate surface area is 129 Å². The van der Waals surface area contributed by atoms with Crippen molar-refractivity contribution in [2.75, 3.05) is 19.6 Å². The molecule has 0 aliphatic carbocycles. The van der Waals surface area contributed by atoms with Crippen molar-refractivity contribution >= 4 is 16.8 Å². The Kier molecular flexibility index (Phi) is 3.60. The molecular weight excluding hydrogens is 281 g/mol. The maximum absolute atomic E-state index is 13.3. The molecule has 1 fully saturated rings. The van der Waals surface area contributed by atoms with Gasteiger partial charge in [0.05, 0.1) is 16.8 Å². The molecule has 1 aromatic carbocycles. The molecule has 1 amide bonds. The minimum absolute atomic E-state index is 0.00301. The van der Waals surface area contributed by atoms with E-state index in [1.54, 1.807) is 19.1 Å². The second kappa shape index (κ2) is 5.32. The van der Waals surface area contributed by atoms with E-state index >= 15 is 0 Å². The maximum Gasteiger partial charge on any atom is 0.255 e. The lowest BCUT2D eigenvalue weighted by atomic mass is 9.90. The monoisotopic (exact) mass is 301 g/mol. The number of likely N-dealkylation sites (tertiary alicyclic amines) is 1. The minimum Gasteiger partial charge on any atom is -0.338 e. The van der Waals surface area contributed by atoms with Crippen molar-refractivity contribution in [1.82, 2.24) is 9.88 Å². The van der Waals surface area contributed by atoms with E-state index in [2.05, 4.69) is 11.9 Å². The summed E-state index contributed by atoms with van der Waals surface area (Å²) in [7, 11) is 0. The number of halogens is 1. The van der Waals surface area contributed by atoms with Crippen molar-refractivity contribution in [2.45, 2.75) is 20.3 Å². The summed E-state index contributed by atoms with van der Waals surface area (Å²) in [6, 6.07) is 6.23. The lowest BCUT2D eigenvalue weighted by molar-refractivity contribution is 0.0776. The molecule has 2 N–H and O–H groups in total. The number of rotatable bonds is 2. The van der Waals surface area contributed by atoms with Crippen LogP contribution in [0.4, 0.5) is 4.39 Å². The van der Waals surface area contributed by atoms with Crippen molar-refractivity contribution in [3.63, 3.8) is 0 Å². The van der Waals surface area contributed by atoms with Crippen LogP contribution in [0.15, 0.2) is 24.3 Å². The summed E-state index contributed by atoms with van der Waals surface area (Å²) in [4.78, 5) is 19.0. The van der Waals surface area contributed by atoms with Gasteiger partial charge in [-0.3, -0.25) is 9.78 Å². The van der Waals surface area contributed by atoms with E-state index in [1.807, 2.05) is 4.90 Å². The lowest BCUT2D eigenvalue weighted by Crippen LogP contribution is -2.34. The molecule has 0 radical (unpaired) electrons. The number of aromatic nitrogens is 1. The first-order valence-corrected chi connectivity index (χ1v) is 7.48. The van der Waals surface area contributed by atoms with E-state index in [4.69, 9.17) is 5.73 Å². The highest BCUT2D eigenvalue weighted by molar-refractivity contribution is 5.98. The number of fused-ring (bicyclic) bond motifs is 1. The first-order valence-electron chi connectivity index (χ1n) is 7.48. The molecule has 1 aromatic heterocycles. The molecule has 1 unspecified atom stereocenters. The molecule has 0 spiro atoms. The van der Waals surface area contributed by atoms with Gasteiger partial charge in [0, 0.05) is 24.5 Å². The number of hydrogen-bond acceptors (Lipinski definition) is 3. The number of aryl methyl sites for hydroxylation is 1. The summed E-state index contributed by atoms with van der Waals surface area (Å²) in [5, 5.41) is 0.774. The molecule has 4 nitrogen and oxygen atoms in total. The van der Waals surface area contributed by atoms with E-state index in [0.29, 0.717) is 36.4 Å². The van der Waals surface area contributed by atoms with Gasteiger partial charge in [-0.2, -0.15) is 0 Å². The second-order valence-corrected chi connectivity index (χ2v) is 6.45. The highest BCUT2D eigenvalue weighted by Gasteiger charge is 2.35. The van der Waals surface area contributed by atoms with Gasteiger partial charge >= 0.3 is 0 Å². The third-order valence-electron chi connectivity index (χ3n) is 4.54. The quantitative estimate of drug-likeness (QED) is 0.927. The molecule has 1 aliphatic heterocycles. The summed E-state index contributed by atoms with van der Waals surface area (Å²) >= 11 is 0. The predicted octanol–water partition coefficient (Wildman–Crippen LogP) is 2.49. The molecule has 2 heterocycles. The molecule has 2 aromatic rings. The Hall–Kier alpha value is -2.01. The number of hydrogen-bond donors (Lipinski definition) is 1. The van der Waals surface area contributed by atoms with Gasteiger partial charge in [0.25, 0.3) is 5.91 Å². The molecule has 1 aliphatic rings. The van der Waals surface area contributed by atoms with Gasteiger partial charge in [-0.1, -0.05) is 6.92 Å². The molecule has 1 saturated heterocycles. The summed E-state index contributed by atoms with van der Waals surface area (Å²) in [5.74, 6) is -0.342. The molecule has 0 bridgehead atoms. The van der Waals surface area contributed by atoms with Gasteiger partial charge in [-0.25, -0.2) is 4.39 Å². The van der Waals surface area contributed by atoms with Crippen LogP contribution in [0, 0.1) is 18.2 Å². The zero-order valence-electron chi connectivity index (χ0n) is 12.9. The van der Waals surface area contributed by atoms with Gasteiger partial charge in [0.15, 0.2) is 0 Å².